The molecule has 1 aliphatic heterocycles. The van der Waals surface area contributed by atoms with E-state index >= 15 is 0 Å². The minimum Gasteiger partial charge on any atom is -0.496 e. The summed E-state index contributed by atoms with van der Waals surface area (Å²) >= 11 is 0. The van der Waals surface area contributed by atoms with Gasteiger partial charge in [0.05, 0.1) is 19.6 Å². The molecular formula is C23H20FNO4. The van der Waals surface area contributed by atoms with Crippen LogP contribution in [0.4, 0.5) is 4.39 Å². The highest BCUT2D eigenvalue weighted by atomic mass is 19.1. The number of rotatable bonds is 4. The zero-order valence-corrected chi connectivity index (χ0v) is 16.1. The second-order valence-corrected chi connectivity index (χ2v) is 6.63. The second kappa shape index (κ2) is 7.47. The van der Waals surface area contributed by atoms with Crippen LogP contribution in [0, 0.1) is 5.82 Å². The first-order chi connectivity index (χ1) is 14.0. The Kier molecular flexibility index (Phi) is 4.84. The van der Waals surface area contributed by atoms with Crippen molar-refractivity contribution >= 4 is 16.7 Å². The summed E-state index contributed by atoms with van der Waals surface area (Å²) in [6.07, 6.45) is 0. The van der Waals surface area contributed by atoms with Gasteiger partial charge in [-0.3, -0.25) is 0 Å². The Morgan fingerprint density at radius 2 is 1.83 bits per heavy atom. The van der Waals surface area contributed by atoms with Crippen LogP contribution in [0.25, 0.3) is 10.8 Å². The highest BCUT2D eigenvalue weighted by Crippen LogP contribution is 2.48. The fourth-order valence-corrected chi connectivity index (χ4v) is 3.72. The van der Waals surface area contributed by atoms with Gasteiger partial charge in [-0.15, -0.1) is 0 Å². The first kappa shape index (κ1) is 18.8. The van der Waals surface area contributed by atoms with Crippen LogP contribution in [0.15, 0.2) is 66.1 Å². The van der Waals surface area contributed by atoms with E-state index in [1.807, 2.05) is 30.3 Å². The molecule has 0 bridgehead atoms. The van der Waals surface area contributed by atoms with E-state index in [0.717, 1.165) is 10.8 Å². The van der Waals surface area contributed by atoms with Crippen molar-refractivity contribution in [2.45, 2.75) is 12.8 Å². The van der Waals surface area contributed by atoms with Gasteiger partial charge in [-0.25, -0.2) is 9.18 Å². The van der Waals surface area contributed by atoms with Crippen molar-refractivity contribution in [1.29, 1.82) is 0 Å². The average molecular weight is 393 g/mol. The lowest BCUT2D eigenvalue weighted by molar-refractivity contribution is -0.139. The van der Waals surface area contributed by atoms with Gasteiger partial charge in [0.1, 0.15) is 22.9 Å². The number of hydrogen-bond donors (Lipinski definition) is 1. The molecule has 5 nitrogen and oxygen atoms in total. The van der Waals surface area contributed by atoms with Crippen molar-refractivity contribution in [1.82, 2.24) is 0 Å². The van der Waals surface area contributed by atoms with E-state index < -0.39 is 11.9 Å². The Hall–Kier alpha value is -3.54. The second-order valence-electron chi connectivity index (χ2n) is 6.63. The molecule has 1 unspecified atom stereocenters. The van der Waals surface area contributed by atoms with Crippen LogP contribution in [-0.4, -0.2) is 19.7 Å². The van der Waals surface area contributed by atoms with Crippen LogP contribution >= 0.6 is 0 Å². The van der Waals surface area contributed by atoms with Gasteiger partial charge >= 0.3 is 5.97 Å². The predicted octanol–water partition coefficient (Wildman–Crippen LogP) is 4.25. The molecule has 1 aliphatic rings. The lowest BCUT2D eigenvalue weighted by atomic mass is 9.81. The number of halogens is 1. The largest absolute Gasteiger partial charge is 0.496 e. The molecule has 0 spiro atoms. The maximum absolute atomic E-state index is 13.6. The topological polar surface area (TPSA) is 70.8 Å². The molecule has 0 saturated carbocycles. The predicted molar refractivity (Wildman–Crippen MR) is 107 cm³/mol. The number of carbonyl (C=O) groups excluding carboxylic acids is 1. The lowest BCUT2D eigenvalue weighted by Crippen LogP contribution is -2.27. The molecule has 0 amide bonds. The molecule has 29 heavy (non-hydrogen) atoms. The first-order valence-corrected chi connectivity index (χ1v) is 9.24. The van der Waals surface area contributed by atoms with Crippen LogP contribution in [0.2, 0.25) is 0 Å². The number of esters is 1. The van der Waals surface area contributed by atoms with Crippen LogP contribution in [0.3, 0.4) is 0 Å². The van der Waals surface area contributed by atoms with E-state index in [1.54, 1.807) is 26.2 Å². The molecule has 6 heteroatoms. The molecule has 1 atom stereocenters. The number of fused-ring (bicyclic) bond motifs is 3. The third kappa shape index (κ3) is 3.16. The molecular weight excluding hydrogens is 373 g/mol. The molecule has 0 saturated heterocycles. The van der Waals surface area contributed by atoms with E-state index in [0.29, 0.717) is 22.6 Å². The van der Waals surface area contributed by atoms with Crippen molar-refractivity contribution < 1.29 is 23.4 Å². The van der Waals surface area contributed by atoms with Crippen molar-refractivity contribution in [2.75, 3.05) is 13.7 Å². The van der Waals surface area contributed by atoms with E-state index in [2.05, 4.69) is 0 Å². The van der Waals surface area contributed by atoms with Gasteiger partial charge in [0, 0.05) is 16.3 Å². The molecule has 3 aromatic carbocycles. The Morgan fingerprint density at radius 3 is 2.48 bits per heavy atom. The summed E-state index contributed by atoms with van der Waals surface area (Å²) in [6.45, 7) is 1.91. The molecule has 0 aliphatic carbocycles. The summed E-state index contributed by atoms with van der Waals surface area (Å²) in [5, 5.41) is 1.67. The van der Waals surface area contributed by atoms with Gasteiger partial charge in [-0.05, 0) is 30.7 Å². The zero-order valence-electron chi connectivity index (χ0n) is 16.1. The summed E-state index contributed by atoms with van der Waals surface area (Å²) in [5.74, 6) is -0.374. The number of methoxy groups -OCH3 is 1. The number of carbonyl (C=O) groups is 1. The summed E-state index contributed by atoms with van der Waals surface area (Å²) in [6, 6.07) is 15.4. The standard InChI is InChI=1S/C23H20FNO4/c1-3-28-23(26)20-19(13-8-10-14(24)11-9-13)17-12-18(27-2)15-6-4-5-7-16(15)21(17)29-22(20)25/h4-12,19H,3,25H2,1-2H3. The van der Waals surface area contributed by atoms with Crippen LogP contribution in [0.1, 0.15) is 24.0 Å². The first-order valence-electron chi connectivity index (χ1n) is 9.24. The highest BCUT2D eigenvalue weighted by Gasteiger charge is 2.37. The Labute approximate surface area is 167 Å². The lowest BCUT2D eigenvalue weighted by Gasteiger charge is -2.30. The van der Waals surface area contributed by atoms with Gasteiger partial charge in [0.15, 0.2) is 0 Å². The molecule has 0 fully saturated rings. The molecule has 4 rings (SSSR count). The summed E-state index contributed by atoms with van der Waals surface area (Å²) < 4.78 is 30.3. The molecule has 0 radical (unpaired) electrons. The van der Waals surface area contributed by atoms with Gasteiger partial charge in [-0.2, -0.15) is 0 Å². The quantitative estimate of drug-likeness (QED) is 0.671. The van der Waals surface area contributed by atoms with Crippen molar-refractivity contribution in [3.05, 3.63) is 83.0 Å². The fraction of sp³-hybridized carbons (Fsp3) is 0.174. The summed E-state index contributed by atoms with van der Waals surface area (Å²) in [5.41, 5.74) is 7.77. The molecule has 2 N–H and O–H groups in total. The third-order valence-corrected chi connectivity index (χ3v) is 4.98. The minimum atomic E-state index is -0.586. The Balaban J connectivity index is 2.02. The van der Waals surface area contributed by atoms with Crippen LogP contribution < -0.4 is 15.2 Å². The van der Waals surface area contributed by atoms with E-state index in [1.165, 1.54) is 12.1 Å². The fourth-order valence-electron chi connectivity index (χ4n) is 3.72. The number of nitrogens with two attached hydrogens (primary N) is 1. The molecule has 148 valence electrons. The summed E-state index contributed by atoms with van der Waals surface area (Å²) in [7, 11) is 1.58. The van der Waals surface area contributed by atoms with Crippen LogP contribution in [-0.2, 0) is 9.53 Å². The Bertz CT molecular complexity index is 1120. The number of benzene rings is 3. The average Bonchev–Trinajstić information content (AvgIpc) is 2.73. The van der Waals surface area contributed by atoms with Gasteiger partial charge in [0.2, 0.25) is 5.88 Å². The number of hydrogen-bond acceptors (Lipinski definition) is 5. The van der Waals surface area contributed by atoms with Crippen molar-refractivity contribution in [3.8, 4) is 11.5 Å². The van der Waals surface area contributed by atoms with Gasteiger partial charge in [-0.1, -0.05) is 36.4 Å². The van der Waals surface area contributed by atoms with E-state index in [9.17, 15) is 9.18 Å². The monoisotopic (exact) mass is 393 g/mol. The maximum Gasteiger partial charge on any atom is 0.340 e. The Morgan fingerprint density at radius 1 is 1.14 bits per heavy atom. The van der Waals surface area contributed by atoms with Crippen molar-refractivity contribution in [2.24, 2.45) is 5.73 Å². The molecule has 1 heterocycles. The van der Waals surface area contributed by atoms with Crippen molar-refractivity contribution in [3.63, 3.8) is 0 Å². The maximum atomic E-state index is 13.6. The van der Waals surface area contributed by atoms with E-state index in [-0.39, 0.29) is 23.9 Å². The normalized spacial score (nSPS) is 15.6. The van der Waals surface area contributed by atoms with Gasteiger partial charge in [0.25, 0.3) is 0 Å². The summed E-state index contributed by atoms with van der Waals surface area (Å²) in [4.78, 5) is 12.7. The zero-order chi connectivity index (χ0) is 20.5. The number of ether oxygens (including phenoxy) is 3. The van der Waals surface area contributed by atoms with Gasteiger partial charge < -0.3 is 19.9 Å². The van der Waals surface area contributed by atoms with Crippen LogP contribution in [0.5, 0.6) is 11.5 Å². The molecule has 3 aromatic rings. The molecule has 0 aromatic heterocycles. The SMILES string of the molecule is CCOC(=O)C1=C(N)Oc2c(cc(OC)c3ccccc23)C1c1ccc(F)cc1. The third-order valence-electron chi connectivity index (χ3n) is 4.98. The van der Waals surface area contributed by atoms with E-state index in [4.69, 9.17) is 19.9 Å². The minimum absolute atomic E-state index is 0.0272. The highest BCUT2D eigenvalue weighted by molar-refractivity contribution is 5.98. The smallest absolute Gasteiger partial charge is 0.340 e.